The van der Waals surface area contributed by atoms with Crippen LogP contribution >= 0.6 is 0 Å². The highest BCUT2D eigenvalue weighted by molar-refractivity contribution is 4.93. The van der Waals surface area contributed by atoms with E-state index < -0.39 is 18.4 Å². The van der Waals surface area contributed by atoms with E-state index in [-0.39, 0.29) is 18.6 Å². The second-order valence-corrected chi connectivity index (χ2v) is 4.69. The molecule has 2 unspecified atom stereocenters. The Morgan fingerprint density at radius 2 is 1.54 bits per heavy atom. The van der Waals surface area contributed by atoms with Gasteiger partial charge in [0, 0.05) is 18.6 Å². The van der Waals surface area contributed by atoms with E-state index in [1.807, 2.05) is 20.8 Å². The molecule has 0 amide bonds. The second-order valence-electron chi connectivity index (χ2n) is 4.69. The standard InChI is InChI=1S/C9H18F2N2/c1-9(2,3)13-4-6(10)8(12)7(11)5-13/h6-8H,4-5,12H2,1-3H3. The van der Waals surface area contributed by atoms with Gasteiger partial charge in [0.25, 0.3) is 0 Å². The molecule has 0 bridgehead atoms. The van der Waals surface area contributed by atoms with Gasteiger partial charge in [-0.2, -0.15) is 0 Å². The zero-order chi connectivity index (χ0) is 10.2. The molecule has 0 aromatic heterocycles. The predicted octanol–water partition coefficient (Wildman–Crippen LogP) is 1.10. The van der Waals surface area contributed by atoms with E-state index in [1.54, 1.807) is 4.90 Å². The van der Waals surface area contributed by atoms with Gasteiger partial charge in [0.2, 0.25) is 0 Å². The largest absolute Gasteiger partial charge is 0.323 e. The Morgan fingerprint density at radius 1 is 1.15 bits per heavy atom. The van der Waals surface area contributed by atoms with Crippen LogP contribution in [0.3, 0.4) is 0 Å². The van der Waals surface area contributed by atoms with Crippen LogP contribution in [0.1, 0.15) is 20.8 Å². The summed E-state index contributed by atoms with van der Waals surface area (Å²) in [6.07, 6.45) is -2.49. The molecule has 1 fully saturated rings. The Labute approximate surface area is 78.1 Å². The molecule has 13 heavy (non-hydrogen) atoms. The van der Waals surface area contributed by atoms with Crippen molar-refractivity contribution < 1.29 is 8.78 Å². The summed E-state index contributed by atoms with van der Waals surface area (Å²) in [5.74, 6) is 0. The van der Waals surface area contributed by atoms with Gasteiger partial charge in [-0.15, -0.1) is 0 Å². The van der Waals surface area contributed by atoms with Crippen LogP contribution in [0.2, 0.25) is 0 Å². The van der Waals surface area contributed by atoms with E-state index in [0.29, 0.717) is 0 Å². The molecule has 1 saturated heterocycles. The Morgan fingerprint density at radius 3 is 1.85 bits per heavy atom. The molecule has 2 atom stereocenters. The fourth-order valence-corrected chi connectivity index (χ4v) is 1.51. The molecule has 0 aromatic rings. The minimum atomic E-state index is -1.25. The maximum absolute atomic E-state index is 13.2. The molecular weight excluding hydrogens is 174 g/mol. The van der Waals surface area contributed by atoms with Crippen molar-refractivity contribution in [3.63, 3.8) is 0 Å². The van der Waals surface area contributed by atoms with Crippen molar-refractivity contribution in [1.29, 1.82) is 0 Å². The first-order valence-corrected chi connectivity index (χ1v) is 4.61. The van der Waals surface area contributed by atoms with E-state index in [1.165, 1.54) is 0 Å². The van der Waals surface area contributed by atoms with Crippen molar-refractivity contribution in [3.8, 4) is 0 Å². The van der Waals surface area contributed by atoms with Crippen LogP contribution in [0.5, 0.6) is 0 Å². The van der Waals surface area contributed by atoms with Crippen molar-refractivity contribution in [1.82, 2.24) is 4.90 Å². The molecule has 1 heterocycles. The molecule has 0 radical (unpaired) electrons. The average molecular weight is 192 g/mol. The highest BCUT2D eigenvalue weighted by atomic mass is 19.1. The monoisotopic (exact) mass is 192 g/mol. The van der Waals surface area contributed by atoms with Crippen LogP contribution < -0.4 is 5.73 Å². The number of nitrogens with two attached hydrogens (primary N) is 1. The fraction of sp³-hybridized carbons (Fsp3) is 1.00. The number of likely N-dealkylation sites (tertiary alicyclic amines) is 1. The minimum absolute atomic E-state index is 0.186. The van der Waals surface area contributed by atoms with Crippen LogP contribution in [0.15, 0.2) is 0 Å². The number of rotatable bonds is 0. The third-order valence-electron chi connectivity index (χ3n) is 2.57. The lowest BCUT2D eigenvalue weighted by Crippen LogP contribution is -2.60. The van der Waals surface area contributed by atoms with E-state index in [0.717, 1.165) is 0 Å². The minimum Gasteiger partial charge on any atom is -0.323 e. The number of hydrogen-bond donors (Lipinski definition) is 1. The number of nitrogens with zero attached hydrogens (tertiary/aromatic N) is 1. The third-order valence-corrected chi connectivity index (χ3v) is 2.57. The summed E-state index contributed by atoms with van der Waals surface area (Å²) in [4.78, 5) is 1.80. The Balaban J connectivity index is 2.64. The molecule has 78 valence electrons. The van der Waals surface area contributed by atoms with Gasteiger partial charge in [-0.05, 0) is 20.8 Å². The van der Waals surface area contributed by atoms with Gasteiger partial charge >= 0.3 is 0 Å². The van der Waals surface area contributed by atoms with Crippen LogP contribution in [0, 0.1) is 0 Å². The molecule has 1 rings (SSSR count). The smallest absolute Gasteiger partial charge is 0.131 e. The topological polar surface area (TPSA) is 29.3 Å². The van der Waals surface area contributed by atoms with E-state index >= 15 is 0 Å². The van der Waals surface area contributed by atoms with Crippen LogP contribution in [-0.2, 0) is 0 Å². The Hall–Kier alpha value is -0.220. The summed E-state index contributed by atoms with van der Waals surface area (Å²) in [7, 11) is 0. The van der Waals surface area contributed by atoms with Crippen molar-refractivity contribution in [2.75, 3.05) is 13.1 Å². The van der Waals surface area contributed by atoms with Gasteiger partial charge in [0.15, 0.2) is 0 Å². The first kappa shape index (κ1) is 10.9. The van der Waals surface area contributed by atoms with E-state index in [4.69, 9.17) is 5.73 Å². The molecule has 1 aliphatic heterocycles. The molecule has 0 aliphatic carbocycles. The summed E-state index contributed by atoms with van der Waals surface area (Å²) in [5, 5.41) is 0. The first-order valence-electron chi connectivity index (χ1n) is 4.61. The van der Waals surface area contributed by atoms with Crippen molar-refractivity contribution >= 4 is 0 Å². The lowest BCUT2D eigenvalue weighted by Gasteiger charge is -2.42. The number of alkyl halides is 2. The molecule has 0 saturated carbocycles. The summed E-state index contributed by atoms with van der Waals surface area (Å²) in [5.41, 5.74) is 5.16. The van der Waals surface area contributed by atoms with E-state index in [9.17, 15) is 8.78 Å². The van der Waals surface area contributed by atoms with Gasteiger partial charge in [-0.3, -0.25) is 4.90 Å². The zero-order valence-electron chi connectivity index (χ0n) is 8.43. The normalized spacial score (nSPS) is 37.8. The van der Waals surface area contributed by atoms with Crippen molar-refractivity contribution in [2.45, 2.75) is 44.7 Å². The first-order chi connectivity index (χ1) is 5.82. The van der Waals surface area contributed by atoms with Crippen LogP contribution in [0.25, 0.3) is 0 Å². The molecular formula is C9H18F2N2. The Kier molecular flexibility index (Phi) is 2.92. The Bertz CT molecular complexity index is 167. The maximum atomic E-state index is 13.2. The van der Waals surface area contributed by atoms with Crippen LogP contribution in [0.4, 0.5) is 8.78 Å². The molecule has 1 aliphatic rings. The summed E-state index contributed by atoms with van der Waals surface area (Å²) in [6.45, 7) is 6.33. The maximum Gasteiger partial charge on any atom is 0.131 e. The molecule has 2 N–H and O–H groups in total. The van der Waals surface area contributed by atoms with Gasteiger partial charge in [0.1, 0.15) is 12.3 Å². The predicted molar refractivity (Wildman–Crippen MR) is 49.1 cm³/mol. The van der Waals surface area contributed by atoms with Gasteiger partial charge in [-0.25, -0.2) is 8.78 Å². The molecule has 0 aromatic carbocycles. The summed E-state index contributed by atoms with van der Waals surface area (Å²) < 4.78 is 26.4. The van der Waals surface area contributed by atoms with Crippen molar-refractivity contribution in [2.24, 2.45) is 5.73 Å². The number of piperidine rings is 1. The molecule has 2 nitrogen and oxygen atoms in total. The third kappa shape index (κ3) is 2.38. The quantitative estimate of drug-likeness (QED) is 0.623. The summed E-state index contributed by atoms with van der Waals surface area (Å²) >= 11 is 0. The molecule has 0 spiro atoms. The van der Waals surface area contributed by atoms with Crippen LogP contribution in [-0.4, -0.2) is 41.9 Å². The SMILES string of the molecule is CC(C)(C)N1CC(F)C(N)C(F)C1. The molecule has 4 heteroatoms. The number of hydrogen-bond acceptors (Lipinski definition) is 2. The van der Waals surface area contributed by atoms with Gasteiger partial charge in [0.05, 0.1) is 6.04 Å². The highest BCUT2D eigenvalue weighted by Gasteiger charge is 2.38. The average Bonchev–Trinajstić information content (AvgIpc) is 1.97. The van der Waals surface area contributed by atoms with Gasteiger partial charge < -0.3 is 5.73 Å². The fourth-order valence-electron chi connectivity index (χ4n) is 1.51. The lowest BCUT2D eigenvalue weighted by molar-refractivity contribution is 0.00465. The van der Waals surface area contributed by atoms with Crippen molar-refractivity contribution in [3.05, 3.63) is 0 Å². The van der Waals surface area contributed by atoms with E-state index in [2.05, 4.69) is 0 Å². The summed E-state index contributed by atoms with van der Waals surface area (Å²) in [6, 6.07) is -0.946. The van der Waals surface area contributed by atoms with Gasteiger partial charge in [-0.1, -0.05) is 0 Å². The lowest BCUT2D eigenvalue weighted by atomic mass is 9.96. The highest BCUT2D eigenvalue weighted by Crippen LogP contribution is 2.22. The number of halogens is 2. The second kappa shape index (κ2) is 3.50. The zero-order valence-corrected chi connectivity index (χ0v) is 8.43.